The van der Waals surface area contributed by atoms with Gasteiger partial charge in [0, 0.05) is 35.1 Å². The van der Waals surface area contributed by atoms with Crippen molar-refractivity contribution in [1.29, 1.82) is 0 Å². The van der Waals surface area contributed by atoms with E-state index in [0.717, 1.165) is 28.0 Å². The predicted octanol–water partition coefficient (Wildman–Crippen LogP) is 4.89. The van der Waals surface area contributed by atoms with Gasteiger partial charge in [0.05, 0.1) is 6.04 Å². The molecule has 126 valence electrons. The molecule has 0 radical (unpaired) electrons. The van der Waals surface area contributed by atoms with Crippen molar-refractivity contribution >= 4 is 27.6 Å². The van der Waals surface area contributed by atoms with Crippen molar-refractivity contribution in [2.24, 2.45) is 0 Å². The minimum Gasteiger partial charge on any atom is -0.348 e. The van der Waals surface area contributed by atoms with E-state index in [1.54, 1.807) is 0 Å². The number of fused-ring (bicyclic) bond motifs is 1. The highest BCUT2D eigenvalue weighted by molar-refractivity contribution is 9.10. The number of halogens is 1. The van der Waals surface area contributed by atoms with Gasteiger partial charge in [-0.15, -0.1) is 0 Å². The fraction of sp³-hybridized carbons (Fsp3) is 0.150. The summed E-state index contributed by atoms with van der Waals surface area (Å²) in [5, 5.41) is 3.01. The molecule has 2 heterocycles. The third-order valence-corrected chi connectivity index (χ3v) is 5.04. The van der Waals surface area contributed by atoms with Gasteiger partial charge in [0.15, 0.2) is 0 Å². The van der Waals surface area contributed by atoms with Crippen LogP contribution in [0.1, 0.15) is 17.3 Å². The fourth-order valence-corrected chi connectivity index (χ4v) is 3.58. The molecular weight excluding hydrogens is 378 g/mol. The van der Waals surface area contributed by atoms with Crippen LogP contribution in [0.4, 0.5) is 10.5 Å². The molecule has 1 atom stereocenters. The van der Waals surface area contributed by atoms with Crippen LogP contribution in [0.15, 0.2) is 77.4 Å². The van der Waals surface area contributed by atoms with E-state index in [-0.39, 0.29) is 12.1 Å². The van der Waals surface area contributed by atoms with Gasteiger partial charge in [-0.1, -0.05) is 46.3 Å². The standard InChI is InChI=1S/C20H18BrN3O/c21-16-10-8-15(9-11-16)19-18-7-4-12-23(18)13-14-24(19)20(25)22-17-5-2-1-3-6-17/h1-12,19H,13-14H2,(H,22,25)/t19-/m0/s1. The quantitative estimate of drug-likeness (QED) is 0.658. The minimum atomic E-state index is -0.0967. The molecule has 3 aromatic rings. The molecule has 4 nitrogen and oxygen atoms in total. The molecule has 0 saturated carbocycles. The number of carbonyl (C=O) groups is 1. The normalized spacial score (nSPS) is 16.4. The Morgan fingerprint density at radius 1 is 0.960 bits per heavy atom. The van der Waals surface area contributed by atoms with Gasteiger partial charge in [-0.05, 0) is 42.0 Å². The highest BCUT2D eigenvalue weighted by Gasteiger charge is 2.32. The number of benzene rings is 2. The maximum Gasteiger partial charge on any atom is 0.322 e. The molecule has 25 heavy (non-hydrogen) atoms. The number of carbonyl (C=O) groups excluding carboxylic acids is 1. The van der Waals surface area contributed by atoms with E-state index in [1.807, 2.05) is 53.4 Å². The second kappa shape index (κ2) is 6.76. The first kappa shape index (κ1) is 16.0. The number of hydrogen-bond acceptors (Lipinski definition) is 1. The molecule has 0 unspecified atom stereocenters. The van der Waals surface area contributed by atoms with Crippen molar-refractivity contribution in [3.8, 4) is 0 Å². The van der Waals surface area contributed by atoms with Crippen LogP contribution in [-0.4, -0.2) is 22.0 Å². The number of hydrogen-bond donors (Lipinski definition) is 1. The zero-order valence-corrected chi connectivity index (χ0v) is 15.2. The summed E-state index contributed by atoms with van der Waals surface area (Å²) >= 11 is 3.48. The molecule has 5 heteroatoms. The third kappa shape index (κ3) is 3.20. The van der Waals surface area contributed by atoms with Crippen molar-refractivity contribution in [1.82, 2.24) is 9.47 Å². The Kier molecular flexibility index (Phi) is 4.32. The second-order valence-electron chi connectivity index (χ2n) is 6.07. The molecular formula is C20H18BrN3O. The predicted molar refractivity (Wildman–Crippen MR) is 103 cm³/mol. The van der Waals surface area contributed by atoms with E-state index in [4.69, 9.17) is 0 Å². The molecule has 1 N–H and O–H groups in total. The summed E-state index contributed by atoms with van der Waals surface area (Å²) in [5.74, 6) is 0. The van der Waals surface area contributed by atoms with Gasteiger partial charge in [0.25, 0.3) is 0 Å². The molecule has 1 aliphatic heterocycles. The number of nitrogens with zero attached hydrogens (tertiary/aromatic N) is 2. The first-order valence-corrected chi connectivity index (χ1v) is 9.05. The van der Waals surface area contributed by atoms with Crippen LogP contribution in [0.25, 0.3) is 0 Å². The maximum atomic E-state index is 12.9. The van der Waals surface area contributed by atoms with E-state index < -0.39 is 0 Å². The van der Waals surface area contributed by atoms with Gasteiger partial charge in [-0.3, -0.25) is 0 Å². The first-order valence-electron chi connectivity index (χ1n) is 8.25. The van der Waals surface area contributed by atoms with Gasteiger partial charge >= 0.3 is 6.03 Å². The van der Waals surface area contributed by atoms with E-state index in [2.05, 4.69) is 50.2 Å². The van der Waals surface area contributed by atoms with Gasteiger partial charge in [-0.25, -0.2) is 4.79 Å². The molecule has 4 rings (SSSR count). The van der Waals surface area contributed by atoms with Crippen LogP contribution in [0.3, 0.4) is 0 Å². The van der Waals surface area contributed by atoms with Crippen molar-refractivity contribution in [3.05, 3.63) is 88.7 Å². The number of aromatic nitrogens is 1. The van der Waals surface area contributed by atoms with Gasteiger partial charge in [0.1, 0.15) is 0 Å². The number of amides is 2. The highest BCUT2D eigenvalue weighted by atomic mass is 79.9. The molecule has 0 bridgehead atoms. The van der Waals surface area contributed by atoms with Crippen LogP contribution < -0.4 is 5.32 Å². The lowest BCUT2D eigenvalue weighted by molar-refractivity contribution is 0.182. The second-order valence-corrected chi connectivity index (χ2v) is 6.99. The van der Waals surface area contributed by atoms with E-state index in [1.165, 1.54) is 0 Å². The Morgan fingerprint density at radius 3 is 2.48 bits per heavy atom. The van der Waals surface area contributed by atoms with Crippen LogP contribution >= 0.6 is 15.9 Å². The summed E-state index contributed by atoms with van der Waals surface area (Å²) in [7, 11) is 0. The number of para-hydroxylation sites is 1. The first-order chi connectivity index (χ1) is 12.2. The molecule has 0 fully saturated rings. The van der Waals surface area contributed by atoms with Crippen molar-refractivity contribution in [2.45, 2.75) is 12.6 Å². The summed E-state index contributed by atoms with van der Waals surface area (Å²) in [5.41, 5.74) is 3.05. The van der Waals surface area contributed by atoms with Crippen LogP contribution in [-0.2, 0) is 6.54 Å². The van der Waals surface area contributed by atoms with Crippen LogP contribution in [0.5, 0.6) is 0 Å². The number of anilines is 1. The Bertz CT molecular complexity index is 873. The monoisotopic (exact) mass is 395 g/mol. The zero-order chi connectivity index (χ0) is 17.2. The van der Waals surface area contributed by atoms with Crippen molar-refractivity contribution in [2.75, 3.05) is 11.9 Å². The van der Waals surface area contributed by atoms with Crippen molar-refractivity contribution in [3.63, 3.8) is 0 Å². The van der Waals surface area contributed by atoms with E-state index in [0.29, 0.717) is 6.54 Å². The lowest BCUT2D eigenvalue weighted by atomic mass is 10.0. The SMILES string of the molecule is O=C(Nc1ccccc1)N1CCn2cccc2[C@@H]1c1ccc(Br)cc1. The third-order valence-electron chi connectivity index (χ3n) is 4.51. The maximum absolute atomic E-state index is 12.9. The molecule has 2 amide bonds. The number of rotatable bonds is 2. The zero-order valence-electron chi connectivity index (χ0n) is 13.6. The lowest BCUT2D eigenvalue weighted by Crippen LogP contribution is -2.44. The summed E-state index contributed by atoms with van der Waals surface area (Å²) in [6.45, 7) is 1.47. The Labute approximate surface area is 155 Å². The van der Waals surface area contributed by atoms with Crippen LogP contribution in [0, 0.1) is 0 Å². The lowest BCUT2D eigenvalue weighted by Gasteiger charge is -2.37. The van der Waals surface area contributed by atoms with Crippen LogP contribution in [0.2, 0.25) is 0 Å². The minimum absolute atomic E-state index is 0.0773. The summed E-state index contributed by atoms with van der Waals surface area (Å²) < 4.78 is 3.25. The molecule has 0 spiro atoms. The molecule has 2 aromatic carbocycles. The summed E-state index contributed by atoms with van der Waals surface area (Å²) in [6, 6.07) is 21.7. The molecule has 0 saturated heterocycles. The van der Waals surface area contributed by atoms with Gasteiger partial charge in [-0.2, -0.15) is 0 Å². The Balaban J connectivity index is 1.68. The highest BCUT2D eigenvalue weighted by Crippen LogP contribution is 2.33. The summed E-state index contributed by atoms with van der Waals surface area (Å²) in [4.78, 5) is 14.9. The van der Waals surface area contributed by atoms with Gasteiger partial charge < -0.3 is 14.8 Å². The largest absolute Gasteiger partial charge is 0.348 e. The topological polar surface area (TPSA) is 37.3 Å². The average Bonchev–Trinajstić information content (AvgIpc) is 3.11. The Morgan fingerprint density at radius 2 is 1.72 bits per heavy atom. The van der Waals surface area contributed by atoms with E-state index >= 15 is 0 Å². The number of urea groups is 1. The summed E-state index contributed by atoms with van der Waals surface area (Å²) in [6.07, 6.45) is 2.08. The smallest absolute Gasteiger partial charge is 0.322 e. The molecule has 0 aliphatic carbocycles. The molecule has 1 aromatic heterocycles. The fourth-order valence-electron chi connectivity index (χ4n) is 3.31. The van der Waals surface area contributed by atoms with Crippen molar-refractivity contribution < 1.29 is 4.79 Å². The molecule has 1 aliphatic rings. The van der Waals surface area contributed by atoms with Gasteiger partial charge in [0.2, 0.25) is 0 Å². The average molecular weight is 396 g/mol. The number of nitrogens with one attached hydrogen (secondary N) is 1. The van der Waals surface area contributed by atoms with E-state index in [9.17, 15) is 4.79 Å². The Hall–Kier alpha value is -2.53.